The molecule has 9 rings (SSSR count). The molecule has 3 aliphatic rings. The molecule has 6 aromatic carbocycles. The molecule has 0 fully saturated rings. The summed E-state index contributed by atoms with van der Waals surface area (Å²) >= 11 is 0. The number of hydrogen-bond acceptors (Lipinski definition) is 0. The van der Waals surface area contributed by atoms with E-state index < -0.39 is 0 Å². The van der Waals surface area contributed by atoms with E-state index in [9.17, 15) is 0 Å². The van der Waals surface area contributed by atoms with Gasteiger partial charge in [0.1, 0.15) is 0 Å². The summed E-state index contributed by atoms with van der Waals surface area (Å²) in [6.07, 6.45) is 0. The third-order valence-electron chi connectivity index (χ3n) is 7.72. The Labute approximate surface area is 186 Å². The molecule has 0 heterocycles. The van der Waals surface area contributed by atoms with Gasteiger partial charge in [0.15, 0.2) is 0 Å². The van der Waals surface area contributed by atoms with Gasteiger partial charge in [0.2, 0.25) is 0 Å². The van der Waals surface area contributed by atoms with Crippen LogP contribution in [-0.2, 0) is 0 Å². The maximum atomic E-state index is 2.48. The highest BCUT2D eigenvalue weighted by atomic mass is 14.4. The lowest BCUT2D eigenvalue weighted by Crippen LogP contribution is -2.27. The van der Waals surface area contributed by atoms with Crippen molar-refractivity contribution < 1.29 is 0 Å². The van der Waals surface area contributed by atoms with E-state index in [1.807, 2.05) is 0 Å². The number of fused-ring (bicyclic) bond motifs is 3. The fourth-order valence-electron chi connectivity index (χ4n) is 6.34. The zero-order valence-corrected chi connectivity index (χ0v) is 17.5. The van der Waals surface area contributed by atoms with Gasteiger partial charge in [0, 0.05) is 11.8 Å². The molecule has 0 aliphatic heterocycles. The highest BCUT2D eigenvalue weighted by molar-refractivity contribution is 5.99. The van der Waals surface area contributed by atoms with Gasteiger partial charge in [-0.1, -0.05) is 72.8 Å². The van der Waals surface area contributed by atoms with Crippen LogP contribution in [0.15, 0.2) is 109 Å². The van der Waals surface area contributed by atoms with Crippen molar-refractivity contribution in [3.63, 3.8) is 0 Å². The Bertz CT molecular complexity index is 1610. The molecule has 0 saturated heterocycles. The minimum absolute atomic E-state index is 0.307. The Balaban J connectivity index is 1.49. The Kier molecular flexibility index (Phi) is 3.07. The monoisotopic (exact) mass is 404 g/mol. The van der Waals surface area contributed by atoms with Crippen molar-refractivity contribution in [1.29, 1.82) is 0 Å². The zero-order chi connectivity index (χ0) is 20.8. The van der Waals surface area contributed by atoms with E-state index in [1.165, 1.54) is 65.7 Å². The van der Waals surface area contributed by atoms with Gasteiger partial charge in [-0.2, -0.15) is 0 Å². The fourth-order valence-corrected chi connectivity index (χ4v) is 6.34. The van der Waals surface area contributed by atoms with Gasteiger partial charge in [-0.25, -0.2) is 0 Å². The molecule has 0 N–H and O–H groups in total. The topological polar surface area (TPSA) is 0 Å². The van der Waals surface area contributed by atoms with Crippen LogP contribution in [0.2, 0.25) is 0 Å². The van der Waals surface area contributed by atoms with Crippen LogP contribution in [-0.4, -0.2) is 0 Å². The molecule has 0 nitrogen and oxygen atoms in total. The lowest BCUT2D eigenvalue weighted by atomic mass is 9.60. The second kappa shape index (κ2) is 5.87. The molecule has 0 heteroatoms. The van der Waals surface area contributed by atoms with Gasteiger partial charge in [0.05, 0.1) is 0 Å². The van der Waals surface area contributed by atoms with Crippen LogP contribution < -0.4 is 0 Å². The van der Waals surface area contributed by atoms with Crippen LogP contribution in [0.3, 0.4) is 0 Å². The van der Waals surface area contributed by atoms with E-state index >= 15 is 0 Å². The minimum atomic E-state index is 0.307. The van der Waals surface area contributed by atoms with E-state index in [4.69, 9.17) is 0 Å². The zero-order valence-electron chi connectivity index (χ0n) is 17.5. The van der Waals surface area contributed by atoms with Crippen LogP contribution in [0.1, 0.15) is 45.2 Å². The highest BCUT2D eigenvalue weighted by Gasteiger charge is 2.41. The quantitative estimate of drug-likeness (QED) is 0.224. The maximum Gasteiger partial charge on any atom is 0.0349 e. The van der Waals surface area contributed by atoms with Gasteiger partial charge in [-0.05, 0) is 102 Å². The summed E-state index contributed by atoms with van der Waals surface area (Å²) in [7, 11) is 0. The fraction of sp³-hybridized carbons (Fsp3) is 0.0625. The molecule has 0 amide bonds. The molecule has 32 heavy (non-hydrogen) atoms. The average molecular weight is 405 g/mol. The summed E-state index contributed by atoms with van der Waals surface area (Å²) in [5.41, 5.74) is 8.90. The lowest BCUT2D eigenvalue weighted by Gasteiger charge is -2.42. The molecule has 0 aromatic heterocycles. The Morgan fingerprint density at radius 1 is 0.281 bits per heavy atom. The second-order valence-electron chi connectivity index (χ2n) is 9.35. The smallest absolute Gasteiger partial charge is 0.0349 e. The normalized spacial score (nSPS) is 18.0. The van der Waals surface area contributed by atoms with Crippen LogP contribution >= 0.6 is 0 Å². The summed E-state index contributed by atoms with van der Waals surface area (Å²) in [6, 6.07) is 41.2. The number of benzene rings is 6. The van der Waals surface area contributed by atoms with Gasteiger partial charge in [0.25, 0.3) is 0 Å². The van der Waals surface area contributed by atoms with Crippen molar-refractivity contribution >= 4 is 32.3 Å². The second-order valence-corrected chi connectivity index (χ2v) is 9.35. The van der Waals surface area contributed by atoms with E-state index in [1.54, 1.807) is 0 Å². The molecule has 0 radical (unpaired) electrons. The van der Waals surface area contributed by atoms with E-state index in [0.29, 0.717) is 11.8 Å². The minimum Gasteiger partial charge on any atom is -0.0619 e. The van der Waals surface area contributed by atoms with Crippen LogP contribution in [0.25, 0.3) is 32.3 Å². The lowest BCUT2D eigenvalue weighted by molar-refractivity contribution is 0.759. The molecule has 2 atom stereocenters. The van der Waals surface area contributed by atoms with E-state index in [-0.39, 0.29) is 0 Å². The average Bonchev–Trinajstić information content (AvgIpc) is 2.84. The van der Waals surface area contributed by atoms with Crippen molar-refractivity contribution in [3.8, 4) is 0 Å². The third kappa shape index (κ3) is 2.07. The summed E-state index contributed by atoms with van der Waals surface area (Å²) in [6.45, 7) is 0. The molecule has 3 aliphatic carbocycles. The SMILES string of the molecule is c1ccc2c(c1)C1c3cc4ccccc4cc3C2c2cc3cc4ccccc4cc3cc21. The Morgan fingerprint density at radius 2 is 0.594 bits per heavy atom. The van der Waals surface area contributed by atoms with Crippen LogP contribution in [0.4, 0.5) is 0 Å². The number of hydrogen-bond donors (Lipinski definition) is 0. The molecule has 0 spiro atoms. The van der Waals surface area contributed by atoms with Crippen LogP contribution in [0.5, 0.6) is 0 Å². The molecule has 6 aromatic rings. The van der Waals surface area contributed by atoms with Gasteiger partial charge in [-0.15, -0.1) is 0 Å². The summed E-state index contributed by atoms with van der Waals surface area (Å²) in [5, 5.41) is 7.99. The van der Waals surface area contributed by atoms with Gasteiger partial charge >= 0.3 is 0 Å². The first-order valence-corrected chi connectivity index (χ1v) is 11.4. The summed E-state index contributed by atoms with van der Waals surface area (Å²) < 4.78 is 0. The maximum absolute atomic E-state index is 2.48. The Hall–Kier alpha value is -3.90. The molecule has 148 valence electrons. The van der Waals surface area contributed by atoms with Crippen LogP contribution in [0, 0.1) is 0 Å². The van der Waals surface area contributed by atoms with Crippen molar-refractivity contribution in [2.45, 2.75) is 11.8 Å². The summed E-state index contributed by atoms with van der Waals surface area (Å²) in [4.78, 5) is 0. The summed E-state index contributed by atoms with van der Waals surface area (Å²) in [5.74, 6) is 0.614. The highest BCUT2D eigenvalue weighted by Crippen LogP contribution is 2.57. The third-order valence-corrected chi connectivity index (χ3v) is 7.72. The molecular formula is C32H20. The first-order chi connectivity index (χ1) is 15.8. The van der Waals surface area contributed by atoms with Gasteiger partial charge < -0.3 is 0 Å². The van der Waals surface area contributed by atoms with E-state index in [2.05, 4.69) is 109 Å². The number of rotatable bonds is 0. The van der Waals surface area contributed by atoms with Gasteiger partial charge in [-0.3, -0.25) is 0 Å². The van der Waals surface area contributed by atoms with Crippen molar-refractivity contribution in [3.05, 3.63) is 143 Å². The standard InChI is InChI=1S/C32H20/c1-2-8-20-14-24-18-30-29(17-23(24)13-19(20)7-1)31-25-11-5-6-12-26(25)32(30)28-16-22-10-4-3-9-21(22)15-27(28)31/h1-18,31-32H. The largest absolute Gasteiger partial charge is 0.0619 e. The molecular weight excluding hydrogens is 384 g/mol. The first kappa shape index (κ1) is 16.8. The molecule has 2 bridgehead atoms. The predicted octanol–water partition coefficient (Wildman–Crippen LogP) is 8.13. The van der Waals surface area contributed by atoms with E-state index in [0.717, 1.165) is 0 Å². The molecule has 0 saturated carbocycles. The van der Waals surface area contributed by atoms with Crippen molar-refractivity contribution in [1.82, 2.24) is 0 Å². The molecule has 2 unspecified atom stereocenters. The first-order valence-electron chi connectivity index (χ1n) is 11.4. The van der Waals surface area contributed by atoms with Crippen molar-refractivity contribution in [2.75, 3.05) is 0 Å². The predicted molar refractivity (Wildman–Crippen MR) is 134 cm³/mol. The Morgan fingerprint density at radius 3 is 1.00 bits per heavy atom. The van der Waals surface area contributed by atoms with Crippen molar-refractivity contribution in [2.24, 2.45) is 0 Å².